The fourth-order valence-corrected chi connectivity index (χ4v) is 2.03. The number of aldehydes is 1. The van der Waals surface area contributed by atoms with Gasteiger partial charge >= 0.3 is 0 Å². The number of carbonyl (C=O) groups excluding carboxylic acids is 3. The standard InChI is InChI=1S/C11H25N7O2.C6H7N.C4H8O.C4H10/c1-15-7-10(20)18-8(5-16-6-9(12)19)3-2-4-17-11(13)14;1-6-4-2-3-5-7-6;1-4(2)3-5;1-4(2)3/h8,15-16H,2-7H2,1H3,(H2,12,19)(H,18,20)(H4,13,14,17);2-5H,1H3;3-4H,1-2H3;4H,1-3H3. The third kappa shape index (κ3) is 38.2. The molecule has 1 rings (SSSR count). The van der Waals surface area contributed by atoms with Crippen LogP contribution in [0.3, 0.4) is 0 Å². The van der Waals surface area contributed by atoms with Crippen LogP contribution in [0.4, 0.5) is 0 Å². The van der Waals surface area contributed by atoms with Gasteiger partial charge in [-0.3, -0.25) is 19.6 Å². The van der Waals surface area contributed by atoms with Crippen molar-refractivity contribution >= 4 is 24.1 Å². The highest BCUT2D eigenvalue weighted by Gasteiger charge is 2.11. The van der Waals surface area contributed by atoms with Crippen molar-refractivity contribution < 1.29 is 14.4 Å². The normalized spacial score (nSPS) is 10.4. The summed E-state index contributed by atoms with van der Waals surface area (Å²) in [6, 6.07) is 5.75. The van der Waals surface area contributed by atoms with E-state index >= 15 is 0 Å². The van der Waals surface area contributed by atoms with Crippen molar-refractivity contribution in [3.05, 3.63) is 30.1 Å². The minimum Gasteiger partial charge on any atom is -0.370 e. The lowest BCUT2D eigenvalue weighted by molar-refractivity contribution is -0.120. The zero-order valence-electron chi connectivity index (χ0n) is 23.2. The molecule has 11 nitrogen and oxygen atoms in total. The molecule has 9 N–H and O–H groups in total. The fourth-order valence-electron chi connectivity index (χ4n) is 2.03. The van der Waals surface area contributed by atoms with Gasteiger partial charge in [0.25, 0.3) is 0 Å². The number of pyridine rings is 1. The van der Waals surface area contributed by atoms with Gasteiger partial charge in [-0.2, -0.15) is 0 Å². The van der Waals surface area contributed by atoms with Gasteiger partial charge in [0.15, 0.2) is 5.96 Å². The van der Waals surface area contributed by atoms with Crippen LogP contribution >= 0.6 is 0 Å². The van der Waals surface area contributed by atoms with E-state index in [9.17, 15) is 14.4 Å². The minimum atomic E-state index is -0.439. The van der Waals surface area contributed by atoms with Gasteiger partial charge in [-0.25, -0.2) is 0 Å². The van der Waals surface area contributed by atoms with E-state index in [2.05, 4.69) is 46.7 Å². The van der Waals surface area contributed by atoms with E-state index in [1.54, 1.807) is 13.2 Å². The van der Waals surface area contributed by atoms with Gasteiger partial charge in [0.05, 0.1) is 13.1 Å². The molecule has 1 atom stereocenters. The summed E-state index contributed by atoms with van der Waals surface area (Å²) in [5.74, 6) is 0.536. The van der Waals surface area contributed by atoms with E-state index in [-0.39, 0.29) is 36.9 Å². The van der Waals surface area contributed by atoms with E-state index in [4.69, 9.17) is 17.2 Å². The number of aliphatic imine (C=N–C) groups is 1. The number of rotatable bonds is 12. The molecule has 0 aromatic carbocycles. The summed E-state index contributed by atoms with van der Waals surface area (Å²) in [5.41, 5.74) is 16.6. The molecule has 0 aliphatic rings. The van der Waals surface area contributed by atoms with Crippen LogP contribution in [0.25, 0.3) is 0 Å². The topological polar surface area (TPSA) is 191 Å². The molecule has 1 heterocycles. The van der Waals surface area contributed by atoms with Crippen molar-refractivity contribution in [2.75, 3.05) is 33.2 Å². The molecular formula is C25H50N8O3. The van der Waals surface area contributed by atoms with Gasteiger partial charge in [0.1, 0.15) is 6.29 Å². The van der Waals surface area contributed by atoms with Gasteiger partial charge in [-0.15, -0.1) is 0 Å². The van der Waals surface area contributed by atoms with Crippen LogP contribution in [0.5, 0.6) is 0 Å². The lowest BCUT2D eigenvalue weighted by atomic mass is 10.1. The Kier molecular flexibility index (Phi) is 27.7. The molecule has 11 heteroatoms. The first-order valence-electron chi connectivity index (χ1n) is 12.2. The quantitative estimate of drug-likeness (QED) is 0.102. The number of aryl methyl sites for hydroxylation is 1. The number of amides is 2. The number of guanidine groups is 1. The Morgan fingerprint density at radius 3 is 2.03 bits per heavy atom. The Morgan fingerprint density at radius 2 is 1.67 bits per heavy atom. The summed E-state index contributed by atoms with van der Waals surface area (Å²) in [7, 11) is 1.69. The zero-order chi connectivity index (χ0) is 28.4. The summed E-state index contributed by atoms with van der Waals surface area (Å²) in [4.78, 5) is 39.5. The molecule has 0 saturated carbocycles. The molecule has 1 unspecified atom stereocenters. The van der Waals surface area contributed by atoms with Crippen molar-refractivity contribution in [3.8, 4) is 0 Å². The van der Waals surface area contributed by atoms with Gasteiger partial charge in [0.2, 0.25) is 11.8 Å². The molecule has 0 radical (unpaired) electrons. The second kappa shape index (κ2) is 26.6. The highest BCUT2D eigenvalue weighted by atomic mass is 16.2. The van der Waals surface area contributed by atoms with Crippen molar-refractivity contribution in [1.82, 2.24) is 20.9 Å². The van der Waals surface area contributed by atoms with Gasteiger partial charge < -0.3 is 37.9 Å². The Balaban J connectivity index is -0.000000545. The molecule has 0 saturated heterocycles. The predicted molar refractivity (Wildman–Crippen MR) is 148 cm³/mol. The van der Waals surface area contributed by atoms with Crippen LogP contribution < -0.4 is 33.2 Å². The third-order valence-electron chi connectivity index (χ3n) is 3.48. The lowest BCUT2D eigenvalue weighted by Crippen LogP contribution is -2.46. The summed E-state index contributed by atoms with van der Waals surface area (Å²) in [6.45, 7) is 13.4. The first-order chi connectivity index (χ1) is 16.8. The second-order valence-corrected chi connectivity index (χ2v) is 8.92. The van der Waals surface area contributed by atoms with Crippen LogP contribution in [0.2, 0.25) is 0 Å². The molecule has 0 aliphatic carbocycles. The summed E-state index contributed by atoms with van der Waals surface area (Å²) in [5, 5.41) is 8.51. The van der Waals surface area contributed by atoms with Crippen molar-refractivity contribution in [2.24, 2.45) is 34.0 Å². The van der Waals surface area contributed by atoms with Crippen LogP contribution in [0.15, 0.2) is 29.4 Å². The monoisotopic (exact) mass is 510 g/mol. The SMILES string of the molecule is CC(C)C.CC(C)C=O.CNCC(=O)NC(CCCN=C(N)N)CNCC(N)=O.Cc1ccccn1. The van der Waals surface area contributed by atoms with Crippen LogP contribution in [0.1, 0.15) is 53.2 Å². The highest BCUT2D eigenvalue weighted by Crippen LogP contribution is 1.97. The maximum absolute atomic E-state index is 11.5. The summed E-state index contributed by atoms with van der Waals surface area (Å²) >= 11 is 0. The number of carbonyl (C=O) groups is 3. The van der Waals surface area contributed by atoms with E-state index in [1.807, 2.05) is 39.0 Å². The first-order valence-corrected chi connectivity index (χ1v) is 12.2. The Morgan fingerprint density at radius 1 is 1.08 bits per heavy atom. The van der Waals surface area contributed by atoms with Gasteiger partial charge in [-0.05, 0) is 44.9 Å². The number of hydrogen-bond acceptors (Lipinski definition) is 7. The van der Waals surface area contributed by atoms with E-state index in [0.717, 1.165) is 24.3 Å². The molecule has 0 bridgehead atoms. The number of likely N-dealkylation sites (N-methyl/N-ethyl adjacent to an activating group) is 1. The van der Waals surface area contributed by atoms with Crippen molar-refractivity contribution in [3.63, 3.8) is 0 Å². The molecule has 0 fully saturated rings. The van der Waals surface area contributed by atoms with Crippen LogP contribution in [-0.2, 0) is 14.4 Å². The molecule has 1 aromatic rings. The first kappa shape index (κ1) is 37.5. The number of hydrogen-bond donors (Lipinski definition) is 6. The molecule has 2 amide bonds. The number of nitrogens with two attached hydrogens (primary N) is 3. The van der Waals surface area contributed by atoms with E-state index in [1.165, 1.54) is 0 Å². The minimum absolute atomic E-state index is 0.0487. The average molecular weight is 511 g/mol. The molecule has 36 heavy (non-hydrogen) atoms. The van der Waals surface area contributed by atoms with E-state index in [0.29, 0.717) is 19.5 Å². The molecule has 1 aromatic heterocycles. The lowest BCUT2D eigenvalue weighted by Gasteiger charge is -2.18. The van der Waals surface area contributed by atoms with E-state index < -0.39 is 5.91 Å². The predicted octanol–water partition coefficient (Wildman–Crippen LogP) is 0.713. The van der Waals surface area contributed by atoms with Crippen LogP contribution in [-0.4, -0.2) is 68.3 Å². The fraction of sp³-hybridized carbons (Fsp3) is 0.640. The Bertz CT molecular complexity index is 691. The Labute approximate surface area is 217 Å². The number of nitrogens with zero attached hydrogens (tertiary/aromatic N) is 2. The molecule has 0 spiro atoms. The maximum Gasteiger partial charge on any atom is 0.234 e. The van der Waals surface area contributed by atoms with Crippen molar-refractivity contribution in [1.29, 1.82) is 0 Å². The van der Waals surface area contributed by atoms with Crippen molar-refractivity contribution in [2.45, 2.75) is 60.4 Å². The summed E-state index contributed by atoms with van der Waals surface area (Å²) < 4.78 is 0. The summed E-state index contributed by atoms with van der Waals surface area (Å²) in [6.07, 6.45) is 4.12. The van der Waals surface area contributed by atoms with Crippen LogP contribution in [0, 0.1) is 18.8 Å². The number of primary amides is 1. The third-order valence-corrected chi connectivity index (χ3v) is 3.48. The number of nitrogens with one attached hydrogen (secondary N) is 3. The smallest absolute Gasteiger partial charge is 0.234 e. The Hall–Kier alpha value is -3.05. The average Bonchev–Trinajstić information content (AvgIpc) is 2.77. The molecule has 0 aliphatic heterocycles. The molecular weight excluding hydrogens is 460 g/mol. The zero-order valence-corrected chi connectivity index (χ0v) is 23.2. The van der Waals surface area contributed by atoms with Gasteiger partial charge in [-0.1, -0.05) is 40.7 Å². The maximum atomic E-state index is 11.5. The highest BCUT2D eigenvalue weighted by molar-refractivity contribution is 5.78. The molecule has 208 valence electrons. The largest absolute Gasteiger partial charge is 0.370 e. The van der Waals surface area contributed by atoms with Gasteiger partial charge in [0, 0.05) is 36.9 Å². The number of aromatic nitrogens is 1. The second-order valence-electron chi connectivity index (χ2n) is 8.92.